The van der Waals surface area contributed by atoms with Crippen molar-refractivity contribution in [3.8, 4) is 5.75 Å². The highest BCUT2D eigenvalue weighted by molar-refractivity contribution is 6.33. The molecule has 0 saturated carbocycles. The number of rotatable bonds is 9. The van der Waals surface area contributed by atoms with Gasteiger partial charge in [0.05, 0.1) is 29.5 Å². The van der Waals surface area contributed by atoms with Crippen LogP contribution in [0.4, 0.5) is 5.69 Å². The Morgan fingerprint density at radius 2 is 1.90 bits per heavy atom. The molecule has 0 aromatic heterocycles. The zero-order chi connectivity index (χ0) is 22.4. The first kappa shape index (κ1) is 23.7. The molecule has 172 valence electrons. The van der Waals surface area contributed by atoms with Crippen molar-refractivity contribution in [2.75, 3.05) is 25.5 Å². The minimum atomic E-state index is -0.177. The van der Waals surface area contributed by atoms with Crippen molar-refractivity contribution in [2.24, 2.45) is 0 Å². The summed E-state index contributed by atoms with van der Waals surface area (Å²) in [5.41, 5.74) is 6.69. The molecule has 2 aliphatic heterocycles. The van der Waals surface area contributed by atoms with Gasteiger partial charge in [0.1, 0.15) is 5.75 Å². The summed E-state index contributed by atoms with van der Waals surface area (Å²) in [7, 11) is 0. The molecule has 1 aromatic carbocycles. The van der Waals surface area contributed by atoms with Gasteiger partial charge in [-0.2, -0.15) is 0 Å². The van der Waals surface area contributed by atoms with E-state index in [0.717, 1.165) is 38.6 Å². The number of nitrogens with zero attached hydrogens (tertiary/aromatic N) is 1. The number of benzene rings is 1. The fourth-order valence-corrected chi connectivity index (χ4v) is 5.05. The van der Waals surface area contributed by atoms with Crippen LogP contribution in [0.1, 0.15) is 69.2 Å². The highest BCUT2D eigenvalue weighted by Gasteiger charge is 2.38. The monoisotopic (exact) mass is 451 g/mol. The largest absolute Gasteiger partial charge is 0.493 e. The second-order valence-electron chi connectivity index (χ2n) is 8.33. The minimum Gasteiger partial charge on any atom is -0.493 e. The van der Waals surface area contributed by atoms with Crippen LogP contribution in [-0.2, 0) is 9.53 Å². The number of esters is 1. The van der Waals surface area contributed by atoms with Crippen molar-refractivity contribution in [1.29, 1.82) is 0 Å². The molecule has 3 N–H and O–H groups in total. The van der Waals surface area contributed by atoms with Gasteiger partial charge in [-0.15, -0.1) is 0 Å². The van der Waals surface area contributed by atoms with Gasteiger partial charge in [-0.1, -0.05) is 18.0 Å². The van der Waals surface area contributed by atoms with Crippen molar-refractivity contribution in [1.82, 2.24) is 10.2 Å². The van der Waals surface area contributed by atoms with Crippen LogP contribution in [0.15, 0.2) is 12.1 Å². The summed E-state index contributed by atoms with van der Waals surface area (Å²) in [5.74, 6) is 0.157. The van der Waals surface area contributed by atoms with Gasteiger partial charge in [-0.3, -0.25) is 14.5 Å². The zero-order valence-electron chi connectivity index (χ0n) is 18.5. The molecular weight excluding hydrogens is 418 g/mol. The van der Waals surface area contributed by atoms with Gasteiger partial charge in [0.25, 0.3) is 5.91 Å². The van der Waals surface area contributed by atoms with Gasteiger partial charge >= 0.3 is 5.97 Å². The second-order valence-corrected chi connectivity index (χ2v) is 8.74. The fourth-order valence-electron chi connectivity index (χ4n) is 4.89. The van der Waals surface area contributed by atoms with Crippen LogP contribution in [0.5, 0.6) is 5.75 Å². The molecule has 2 atom stereocenters. The molecule has 1 aromatic rings. The third-order valence-electron chi connectivity index (χ3n) is 6.21. The highest BCUT2D eigenvalue weighted by atomic mass is 35.5. The van der Waals surface area contributed by atoms with Crippen molar-refractivity contribution >= 4 is 29.2 Å². The molecule has 0 radical (unpaired) electrons. The number of amides is 1. The predicted molar refractivity (Wildman–Crippen MR) is 122 cm³/mol. The number of halogens is 1. The third kappa shape index (κ3) is 6.04. The van der Waals surface area contributed by atoms with Crippen molar-refractivity contribution in [3.63, 3.8) is 0 Å². The molecule has 2 heterocycles. The van der Waals surface area contributed by atoms with E-state index < -0.39 is 0 Å². The lowest BCUT2D eigenvalue weighted by atomic mass is 9.81. The van der Waals surface area contributed by atoms with Crippen molar-refractivity contribution < 1.29 is 19.1 Å². The number of hydrogen-bond acceptors (Lipinski definition) is 6. The average molecular weight is 452 g/mol. The molecule has 3 rings (SSSR count). The Bertz CT molecular complexity index is 774. The van der Waals surface area contributed by atoms with Gasteiger partial charge in [-0.25, -0.2) is 0 Å². The second kappa shape index (κ2) is 11.0. The number of hydrogen-bond donors (Lipinski definition) is 2. The first-order valence-electron chi connectivity index (χ1n) is 11.4. The Morgan fingerprint density at radius 3 is 2.55 bits per heavy atom. The molecule has 2 fully saturated rings. The summed E-state index contributed by atoms with van der Waals surface area (Å²) in [6.45, 7) is 5.47. The number of fused-ring (bicyclic) bond motifs is 2. The predicted octanol–water partition coefficient (Wildman–Crippen LogP) is 3.78. The number of anilines is 1. The summed E-state index contributed by atoms with van der Waals surface area (Å²) in [6.07, 6.45) is 6.56. The quantitative estimate of drug-likeness (QED) is 0.438. The van der Waals surface area contributed by atoms with Crippen LogP contribution < -0.4 is 15.8 Å². The van der Waals surface area contributed by atoms with Gasteiger partial charge in [0.2, 0.25) is 0 Å². The van der Waals surface area contributed by atoms with E-state index in [-0.39, 0.29) is 17.9 Å². The Morgan fingerprint density at radius 1 is 1.19 bits per heavy atom. The Balaban J connectivity index is 1.60. The maximum Gasteiger partial charge on any atom is 0.305 e. The van der Waals surface area contributed by atoms with Crippen molar-refractivity contribution in [3.05, 3.63) is 22.7 Å². The average Bonchev–Trinajstić information content (AvgIpc) is 2.71. The van der Waals surface area contributed by atoms with E-state index in [4.69, 9.17) is 26.8 Å². The van der Waals surface area contributed by atoms with Gasteiger partial charge in [-0.05, 0) is 58.6 Å². The van der Waals surface area contributed by atoms with Gasteiger partial charge in [0.15, 0.2) is 0 Å². The molecular formula is C23H34ClN3O4. The molecule has 2 bridgehead atoms. The molecule has 2 saturated heterocycles. The number of carbonyl (C=O) groups excluding carboxylic acids is 2. The number of nitrogens with two attached hydrogens (primary N) is 1. The normalized spacial score (nSPS) is 23.3. The molecule has 0 aliphatic carbocycles. The molecule has 2 aliphatic rings. The van der Waals surface area contributed by atoms with E-state index in [1.165, 1.54) is 6.42 Å². The third-order valence-corrected chi connectivity index (χ3v) is 6.53. The van der Waals surface area contributed by atoms with Gasteiger partial charge < -0.3 is 20.5 Å². The van der Waals surface area contributed by atoms with Gasteiger partial charge in [0, 0.05) is 30.6 Å². The SMILES string of the molecule is CCOC(=O)CCCN1C2CCCC1CC(NC(=O)c1cc(Cl)c(N)cc1OCC)C2. The van der Waals surface area contributed by atoms with Crippen LogP contribution in [0.25, 0.3) is 0 Å². The van der Waals surface area contributed by atoms with Crippen LogP contribution >= 0.6 is 11.6 Å². The minimum absolute atomic E-state index is 0.106. The van der Waals surface area contributed by atoms with Crippen LogP contribution in [0.3, 0.4) is 0 Å². The fraction of sp³-hybridized carbons (Fsp3) is 0.652. The Kier molecular flexibility index (Phi) is 8.43. The Hall–Kier alpha value is -1.99. The molecule has 31 heavy (non-hydrogen) atoms. The topological polar surface area (TPSA) is 93.9 Å². The van der Waals surface area contributed by atoms with E-state index in [1.54, 1.807) is 12.1 Å². The van der Waals surface area contributed by atoms with Crippen molar-refractivity contribution in [2.45, 2.75) is 76.9 Å². The van der Waals surface area contributed by atoms with E-state index in [0.29, 0.717) is 53.7 Å². The number of nitrogens with one attached hydrogen (secondary N) is 1. The maximum atomic E-state index is 13.0. The molecule has 1 amide bonds. The van der Waals surface area contributed by atoms with E-state index in [2.05, 4.69) is 10.2 Å². The summed E-state index contributed by atoms with van der Waals surface area (Å²) >= 11 is 6.16. The highest BCUT2D eigenvalue weighted by Crippen LogP contribution is 2.35. The van der Waals surface area contributed by atoms with E-state index in [1.807, 2.05) is 13.8 Å². The van der Waals surface area contributed by atoms with Crippen LogP contribution in [0, 0.1) is 0 Å². The maximum absolute atomic E-state index is 13.0. The zero-order valence-corrected chi connectivity index (χ0v) is 19.2. The van der Waals surface area contributed by atoms with Crippen LogP contribution in [-0.4, -0.2) is 54.7 Å². The van der Waals surface area contributed by atoms with Crippen LogP contribution in [0.2, 0.25) is 5.02 Å². The standard InChI is InChI=1S/C23H34ClN3O4/c1-3-30-21-14-20(25)19(24)13-18(21)23(29)26-15-11-16-7-5-8-17(12-15)27(16)10-6-9-22(28)31-4-2/h13-17H,3-12,25H2,1-2H3,(H,26,29). The Labute approximate surface area is 189 Å². The lowest BCUT2D eigenvalue weighted by Gasteiger charge is -2.49. The van der Waals surface area contributed by atoms with E-state index in [9.17, 15) is 9.59 Å². The number of nitrogen functional groups attached to an aromatic ring is 1. The lowest BCUT2D eigenvalue weighted by molar-refractivity contribution is -0.143. The summed E-state index contributed by atoms with van der Waals surface area (Å²) in [6, 6.07) is 4.17. The number of piperidine rings is 2. The first-order valence-corrected chi connectivity index (χ1v) is 11.7. The molecule has 0 spiro atoms. The number of carbonyl (C=O) groups is 2. The summed E-state index contributed by atoms with van der Waals surface area (Å²) in [4.78, 5) is 27.2. The smallest absolute Gasteiger partial charge is 0.305 e. The number of ether oxygens (including phenoxy) is 2. The molecule has 8 heteroatoms. The molecule has 7 nitrogen and oxygen atoms in total. The van der Waals surface area contributed by atoms with E-state index >= 15 is 0 Å². The first-order chi connectivity index (χ1) is 14.9. The lowest BCUT2D eigenvalue weighted by Crippen LogP contribution is -2.57. The molecule has 2 unspecified atom stereocenters. The summed E-state index contributed by atoms with van der Waals surface area (Å²) < 4.78 is 10.6. The summed E-state index contributed by atoms with van der Waals surface area (Å²) in [5, 5.41) is 3.55.